The van der Waals surface area contributed by atoms with Gasteiger partial charge in [0.1, 0.15) is 11.4 Å². The van der Waals surface area contributed by atoms with Crippen molar-refractivity contribution in [1.29, 1.82) is 0 Å². The molecule has 0 N–H and O–H groups in total. The lowest BCUT2D eigenvalue weighted by Crippen LogP contribution is -1.84. The summed E-state index contributed by atoms with van der Waals surface area (Å²) in [6, 6.07) is 7.73. The lowest BCUT2D eigenvalue weighted by molar-refractivity contribution is 0.305. The van der Waals surface area contributed by atoms with E-state index in [2.05, 4.69) is 30.9 Å². The third-order valence-corrected chi connectivity index (χ3v) is 2.58. The van der Waals surface area contributed by atoms with E-state index in [1.165, 1.54) is 0 Å². The molecule has 0 unspecified atom stereocenters. The molecule has 14 heavy (non-hydrogen) atoms. The molecule has 5 heteroatoms. The van der Waals surface area contributed by atoms with E-state index in [-0.39, 0.29) is 0 Å². The summed E-state index contributed by atoms with van der Waals surface area (Å²) in [5, 5.41) is 7.50. The van der Waals surface area contributed by atoms with Gasteiger partial charge in [0.25, 0.3) is 0 Å². The Morgan fingerprint density at radius 1 is 1.21 bits per heavy atom. The van der Waals surface area contributed by atoms with Gasteiger partial charge in [-0.15, -0.1) is 11.6 Å². The summed E-state index contributed by atoms with van der Waals surface area (Å²) in [5.41, 5.74) is 2.31. The number of benzene rings is 1. The Kier molecular flexibility index (Phi) is 2.84. The van der Waals surface area contributed by atoms with E-state index in [1.54, 1.807) is 0 Å². The van der Waals surface area contributed by atoms with Crippen LogP contribution in [0.4, 0.5) is 0 Å². The Labute approximate surface area is 94.2 Å². The number of rotatable bonds is 2. The van der Waals surface area contributed by atoms with Crippen LogP contribution >= 0.6 is 27.5 Å². The lowest BCUT2D eigenvalue weighted by Gasteiger charge is -1.96. The number of hydrogen-bond donors (Lipinski definition) is 0. The first kappa shape index (κ1) is 9.68. The van der Waals surface area contributed by atoms with Crippen LogP contribution in [0, 0.1) is 0 Å². The van der Waals surface area contributed by atoms with Crippen LogP contribution in [0.5, 0.6) is 0 Å². The number of nitrogens with zero attached hydrogens (tertiary/aromatic N) is 2. The number of alkyl halides is 1. The maximum atomic E-state index is 5.68. The van der Waals surface area contributed by atoms with Crippen LogP contribution < -0.4 is 0 Å². The van der Waals surface area contributed by atoms with E-state index in [0.29, 0.717) is 17.3 Å². The van der Waals surface area contributed by atoms with Gasteiger partial charge in [0, 0.05) is 10.0 Å². The molecule has 72 valence electrons. The molecule has 0 amide bonds. The molecule has 1 aromatic carbocycles. The molecule has 2 aromatic rings. The van der Waals surface area contributed by atoms with Gasteiger partial charge in [-0.3, -0.25) is 0 Å². The molecule has 0 aliphatic carbocycles. The predicted octanol–water partition coefficient (Wildman–Crippen LogP) is 3.24. The lowest BCUT2D eigenvalue weighted by atomic mass is 10.1. The summed E-state index contributed by atoms with van der Waals surface area (Å²) in [7, 11) is 0. The topological polar surface area (TPSA) is 38.9 Å². The number of hydrogen-bond acceptors (Lipinski definition) is 3. The van der Waals surface area contributed by atoms with Crippen molar-refractivity contribution in [2.24, 2.45) is 0 Å². The van der Waals surface area contributed by atoms with Gasteiger partial charge in [0.15, 0.2) is 0 Å². The zero-order valence-corrected chi connectivity index (χ0v) is 9.42. The fourth-order valence-electron chi connectivity index (χ4n) is 1.12. The zero-order chi connectivity index (χ0) is 9.97. The Bertz CT molecular complexity index is 427. The third kappa shape index (κ3) is 1.81. The average Bonchev–Trinajstić information content (AvgIpc) is 2.67. The molecule has 2 rings (SSSR count). The van der Waals surface area contributed by atoms with E-state index in [0.717, 1.165) is 10.0 Å². The van der Waals surface area contributed by atoms with Crippen LogP contribution in [0.1, 0.15) is 5.69 Å². The first-order chi connectivity index (χ1) is 6.81. The van der Waals surface area contributed by atoms with E-state index < -0.39 is 0 Å². The molecule has 0 aliphatic heterocycles. The van der Waals surface area contributed by atoms with Gasteiger partial charge in [-0.2, -0.15) is 0 Å². The quantitative estimate of drug-likeness (QED) is 0.789. The van der Waals surface area contributed by atoms with E-state index >= 15 is 0 Å². The van der Waals surface area contributed by atoms with Crippen molar-refractivity contribution in [3.63, 3.8) is 0 Å². The molecule has 1 heterocycles. The standard InChI is InChI=1S/C9H6BrClN2O/c10-7-3-1-6(2-4-7)9-8(5-11)12-14-13-9/h1-4H,5H2. The monoisotopic (exact) mass is 272 g/mol. The van der Waals surface area contributed by atoms with Crippen molar-refractivity contribution >= 4 is 27.5 Å². The summed E-state index contributed by atoms with van der Waals surface area (Å²) in [5.74, 6) is 0.300. The molecule has 0 bridgehead atoms. The highest BCUT2D eigenvalue weighted by Gasteiger charge is 2.10. The fourth-order valence-corrected chi connectivity index (χ4v) is 1.56. The molecule has 0 saturated carbocycles. The Hall–Kier alpha value is -0.870. The van der Waals surface area contributed by atoms with Crippen molar-refractivity contribution in [2.45, 2.75) is 5.88 Å². The van der Waals surface area contributed by atoms with Crippen LogP contribution in [0.2, 0.25) is 0 Å². The van der Waals surface area contributed by atoms with E-state index in [4.69, 9.17) is 11.6 Å². The Morgan fingerprint density at radius 3 is 2.57 bits per heavy atom. The normalized spacial score (nSPS) is 10.4. The van der Waals surface area contributed by atoms with Crippen LogP contribution in [0.25, 0.3) is 11.3 Å². The van der Waals surface area contributed by atoms with Crippen molar-refractivity contribution < 1.29 is 4.63 Å². The highest BCUT2D eigenvalue weighted by Crippen LogP contribution is 2.23. The first-order valence-corrected chi connectivity index (χ1v) is 5.27. The molecule has 0 saturated heterocycles. The minimum absolute atomic E-state index is 0.300. The molecule has 0 atom stereocenters. The highest BCUT2D eigenvalue weighted by molar-refractivity contribution is 9.10. The second kappa shape index (κ2) is 4.11. The summed E-state index contributed by atoms with van der Waals surface area (Å²) in [6.07, 6.45) is 0. The second-order valence-corrected chi connectivity index (χ2v) is 3.88. The summed E-state index contributed by atoms with van der Waals surface area (Å²) < 4.78 is 5.64. The molecular formula is C9H6BrClN2O. The van der Waals surface area contributed by atoms with Gasteiger partial charge in [0.05, 0.1) is 5.88 Å². The van der Waals surface area contributed by atoms with Crippen LogP contribution in [-0.2, 0) is 5.88 Å². The van der Waals surface area contributed by atoms with Gasteiger partial charge in [-0.25, -0.2) is 4.63 Å². The fraction of sp³-hybridized carbons (Fsp3) is 0.111. The summed E-state index contributed by atoms with van der Waals surface area (Å²) >= 11 is 9.04. The van der Waals surface area contributed by atoms with Crippen molar-refractivity contribution in [1.82, 2.24) is 10.3 Å². The molecule has 0 fully saturated rings. The molecule has 0 spiro atoms. The maximum Gasteiger partial charge on any atom is 0.139 e. The van der Waals surface area contributed by atoms with E-state index in [1.807, 2.05) is 24.3 Å². The molecule has 0 radical (unpaired) electrons. The molecular weight excluding hydrogens is 267 g/mol. The van der Waals surface area contributed by atoms with Crippen LogP contribution in [0.15, 0.2) is 33.4 Å². The maximum absolute atomic E-state index is 5.68. The SMILES string of the molecule is ClCc1nonc1-c1ccc(Br)cc1. The minimum Gasteiger partial charge on any atom is -0.244 e. The third-order valence-electron chi connectivity index (χ3n) is 1.80. The minimum atomic E-state index is 0.300. The van der Waals surface area contributed by atoms with Gasteiger partial charge in [0.2, 0.25) is 0 Å². The van der Waals surface area contributed by atoms with Gasteiger partial charge in [-0.1, -0.05) is 33.2 Å². The van der Waals surface area contributed by atoms with Crippen LogP contribution in [-0.4, -0.2) is 10.3 Å². The molecule has 1 aromatic heterocycles. The Morgan fingerprint density at radius 2 is 1.93 bits per heavy atom. The van der Waals surface area contributed by atoms with Crippen molar-refractivity contribution in [3.8, 4) is 11.3 Å². The van der Waals surface area contributed by atoms with E-state index in [9.17, 15) is 0 Å². The molecule has 0 aliphatic rings. The van der Waals surface area contributed by atoms with Crippen molar-refractivity contribution in [3.05, 3.63) is 34.4 Å². The smallest absolute Gasteiger partial charge is 0.139 e. The van der Waals surface area contributed by atoms with Gasteiger partial charge in [-0.05, 0) is 17.3 Å². The van der Waals surface area contributed by atoms with Gasteiger partial charge < -0.3 is 0 Å². The number of aromatic nitrogens is 2. The average molecular weight is 274 g/mol. The van der Waals surface area contributed by atoms with Crippen LogP contribution in [0.3, 0.4) is 0 Å². The Balaban J connectivity index is 2.44. The largest absolute Gasteiger partial charge is 0.244 e. The zero-order valence-electron chi connectivity index (χ0n) is 7.08. The van der Waals surface area contributed by atoms with Gasteiger partial charge >= 0.3 is 0 Å². The highest BCUT2D eigenvalue weighted by atomic mass is 79.9. The first-order valence-electron chi connectivity index (χ1n) is 3.94. The predicted molar refractivity (Wildman–Crippen MR) is 57.0 cm³/mol. The second-order valence-electron chi connectivity index (χ2n) is 2.70. The summed E-state index contributed by atoms with van der Waals surface area (Å²) in [6.45, 7) is 0. The molecule has 3 nitrogen and oxygen atoms in total. The number of halogens is 2. The summed E-state index contributed by atoms with van der Waals surface area (Å²) in [4.78, 5) is 0. The van der Waals surface area contributed by atoms with Crippen molar-refractivity contribution in [2.75, 3.05) is 0 Å².